The summed E-state index contributed by atoms with van der Waals surface area (Å²) < 4.78 is 0. The highest BCUT2D eigenvalue weighted by molar-refractivity contribution is 5.28. The third kappa shape index (κ3) is 5.33. The van der Waals surface area contributed by atoms with E-state index in [0.717, 1.165) is 12.1 Å². The van der Waals surface area contributed by atoms with Gasteiger partial charge in [-0.2, -0.15) is 0 Å². The summed E-state index contributed by atoms with van der Waals surface area (Å²) in [7, 11) is 0. The Morgan fingerprint density at radius 2 is 1.58 bits per heavy atom. The molecule has 1 unspecified atom stereocenters. The minimum Gasteiger partial charge on any atom is -0.385 e. The van der Waals surface area contributed by atoms with E-state index in [9.17, 15) is 5.11 Å². The van der Waals surface area contributed by atoms with E-state index < -0.39 is 5.60 Å². The summed E-state index contributed by atoms with van der Waals surface area (Å²) in [5.41, 5.74) is 1.63. The van der Waals surface area contributed by atoms with Crippen molar-refractivity contribution in [3.05, 3.63) is 35.4 Å². The summed E-state index contributed by atoms with van der Waals surface area (Å²) in [6, 6.07) is 8.33. The molecule has 2 N–H and O–H groups in total. The average Bonchev–Trinajstić information content (AvgIpc) is 2.27. The molecule has 2 nitrogen and oxygen atoms in total. The molecule has 0 aliphatic rings. The van der Waals surface area contributed by atoms with Crippen molar-refractivity contribution in [2.24, 2.45) is 0 Å². The predicted molar refractivity (Wildman–Crippen MR) is 82.5 cm³/mol. The Labute approximate surface area is 118 Å². The van der Waals surface area contributed by atoms with E-state index in [-0.39, 0.29) is 5.54 Å². The maximum Gasteiger partial charge on any atom is 0.0880 e. The summed E-state index contributed by atoms with van der Waals surface area (Å²) in [6.07, 6.45) is 0.714. The molecule has 1 rings (SSSR count). The lowest BCUT2D eigenvalue weighted by atomic mass is 9.90. The third-order valence-corrected chi connectivity index (χ3v) is 3.47. The van der Waals surface area contributed by atoms with E-state index in [4.69, 9.17) is 0 Å². The predicted octanol–water partition coefficient (Wildman–Crippen LogP) is 3.80. The van der Waals surface area contributed by atoms with Crippen LogP contribution in [0.25, 0.3) is 0 Å². The smallest absolute Gasteiger partial charge is 0.0880 e. The number of hydrogen-bond acceptors (Lipinski definition) is 2. The molecule has 0 aliphatic heterocycles. The molecule has 2 heteroatoms. The highest BCUT2D eigenvalue weighted by Crippen LogP contribution is 2.26. The van der Waals surface area contributed by atoms with Crippen molar-refractivity contribution < 1.29 is 5.11 Å². The number of hydrogen-bond donors (Lipinski definition) is 2. The Bertz CT molecular complexity index is 385. The Morgan fingerprint density at radius 3 is 2.00 bits per heavy atom. The fourth-order valence-corrected chi connectivity index (χ4v) is 2.05. The maximum atomic E-state index is 10.6. The van der Waals surface area contributed by atoms with E-state index in [2.05, 4.69) is 52.1 Å². The molecule has 0 saturated carbocycles. The molecular formula is C17H29NO. The lowest BCUT2D eigenvalue weighted by Crippen LogP contribution is -2.39. The Morgan fingerprint density at radius 1 is 1.05 bits per heavy atom. The molecule has 0 spiro atoms. The van der Waals surface area contributed by atoms with Crippen LogP contribution in [0.2, 0.25) is 0 Å². The number of aliphatic hydroxyl groups is 1. The zero-order valence-corrected chi connectivity index (χ0v) is 13.2. The molecule has 0 aromatic heterocycles. The van der Waals surface area contributed by atoms with Crippen LogP contribution < -0.4 is 5.32 Å². The van der Waals surface area contributed by atoms with Gasteiger partial charge in [-0.25, -0.2) is 0 Å². The Kier molecular flexibility index (Phi) is 5.17. The number of rotatable bonds is 5. The quantitative estimate of drug-likeness (QED) is 0.847. The maximum absolute atomic E-state index is 10.6. The van der Waals surface area contributed by atoms with Gasteiger partial charge in [-0.3, -0.25) is 0 Å². The first-order valence-electron chi connectivity index (χ1n) is 7.20. The van der Waals surface area contributed by atoms with Crippen molar-refractivity contribution in [2.45, 2.75) is 65.0 Å². The molecule has 0 radical (unpaired) electrons. The fraction of sp³-hybridized carbons (Fsp3) is 0.647. The highest BCUT2D eigenvalue weighted by atomic mass is 16.3. The van der Waals surface area contributed by atoms with Gasteiger partial charge in [0.25, 0.3) is 0 Å². The highest BCUT2D eigenvalue weighted by Gasteiger charge is 2.23. The summed E-state index contributed by atoms with van der Waals surface area (Å²) in [5.74, 6) is 0.529. The van der Waals surface area contributed by atoms with Gasteiger partial charge in [-0.15, -0.1) is 0 Å². The van der Waals surface area contributed by atoms with Crippen LogP contribution in [0.1, 0.15) is 65.0 Å². The second-order valence-electron chi connectivity index (χ2n) is 6.98. The van der Waals surface area contributed by atoms with Crippen LogP contribution in [-0.4, -0.2) is 17.2 Å². The first-order valence-corrected chi connectivity index (χ1v) is 7.20. The largest absolute Gasteiger partial charge is 0.385 e. The lowest BCUT2D eigenvalue weighted by Gasteiger charge is -2.27. The standard InChI is InChI=1S/C17H29NO/c1-13(2)14-7-9-15(10-8-14)17(6,19)11-12-18-16(3,4)5/h7-10,13,18-19H,11-12H2,1-6H3. The van der Waals surface area contributed by atoms with Crippen LogP contribution in [0.3, 0.4) is 0 Å². The Balaban J connectivity index is 2.66. The zero-order valence-electron chi connectivity index (χ0n) is 13.2. The van der Waals surface area contributed by atoms with Crippen molar-refractivity contribution >= 4 is 0 Å². The second kappa shape index (κ2) is 6.06. The van der Waals surface area contributed by atoms with Gasteiger partial charge in [-0.05, 0) is 57.7 Å². The van der Waals surface area contributed by atoms with Crippen LogP contribution in [0.15, 0.2) is 24.3 Å². The van der Waals surface area contributed by atoms with Gasteiger partial charge in [0, 0.05) is 5.54 Å². The zero-order chi connectivity index (χ0) is 14.7. The molecule has 19 heavy (non-hydrogen) atoms. The van der Waals surface area contributed by atoms with Crippen molar-refractivity contribution in [1.29, 1.82) is 0 Å². The van der Waals surface area contributed by atoms with Crippen molar-refractivity contribution in [3.8, 4) is 0 Å². The number of nitrogens with one attached hydrogen (secondary N) is 1. The Hall–Kier alpha value is -0.860. The summed E-state index contributed by atoms with van der Waals surface area (Å²) in [5, 5.41) is 14.0. The van der Waals surface area contributed by atoms with Gasteiger partial charge >= 0.3 is 0 Å². The molecule has 1 aromatic carbocycles. The molecule has 0 fully saturated rings. The van der Waals surface area contributed by atoms with Crippen molar-refractivity contribution in [3.63, 3.8) is 0 Å². The van der Waals surface area contributed by atoms with E-state index in [0.29, 0.717) is 12.3 Å². The molecule has 0 aliphatic carbocycles. The fourth-order valence-electron chi connectivity index (χ4n) is 2.05. The summed E-state index contributed by atoms with van der Waals surface area (Å²) in [6.45, 7) is 13.5. The van der Waals surface area contributed by atoms with Gasteiger partial charge in [-0.1, -0.05) is 38.1 Å². The second-order valence-corrected chi connectivity index (χ2v) is 6.98. The van der Waals surface area contributed by atoms with E-state index in [1.807, 2.05) is 19.1 Å². The molecule has 1 atom stereocenters. The molecular weight excluding hydrogens is 234 g/mol. The van der Waals surface area contributed by atoms with Crippen molar-refractivity contribution in [1.82, 2.24) is 5.32 Å². The third-order valence-electron chi connectivity index (χ3n) is 3.47. The van der Waals surface area contributed by atoms with Gasteiger partial charge in [0.05, 0.1) is 5.60 Å². The first-order chi connectivity index (χ1) is 8.62. The average molecular weight is 263 g/mol. The minimum absolute atomic E-state index is 0.0948. The normalized spacial score (nSPS) is 15.6. The summed E-state index contributed by atoms with van der Waals surface area (Å²) in [4.78, 5) is 0. The lowest BCUT2D eigenvalue weighted by molar-refractivity contribution is 0.0464. The van der Waals surface area contributed by atoms with Gasteiger partial charge < -0.3 is 10.4 Å². The van der Waals surface area contributed by atoms with Crippen LogP contribution >= 0.6 is 0 Å². The molecule has 0 saturated heterocycles. The summed E-state index contributed by atoms with van der Waals surface area (Å²) >= 11 is 0. The molecule has 0 heterocycles. The molecule has 0 amide bonds. The van der Waals surface area contributed by atoms with Gasteiger partial charge in [0.2, 0.25) is 0 Å². The first kappa shape index (κ1) is 16.2. The molecule has 0 bridgehead atoms. The number of benzene rings is 1. The van der Waals surface area contributed by atoms with Gasteiger partial charge in [0.1, 0.15) is 0 Å². The van der Waals surface area contributed by atoms with Crippen LogP contribution in [-0.2, 0) is 5.60 Å². The van der Waals surface area contributed by atoms with E-state index >= 15 is 0 Å². The SMILES string of the molecule is CC(C)c1ccc(C(C)(O)CCNC(C)(C)C)cc1. The van der Waals surface area contributed by atoms with E-state index in [1.165, 1.54) is 5.56 Å². The van der Waals surface area contributed by atoms with Gasteiger partial charge in [0.15, 0.2) is 0 Å². The van der Waals surface area contributed by atoms with E-state index in [1.54, 1.807) is 0 Å². The van der Waals surface area contributed by atoms with Crippen LogP contribution in [0.5, 0.6) is 0 Å². The minimum atomic E-state index is -0.770. The monoisotopic (exact) mass is 263 g/mol. The van der Waals surface area contributed by atoms with Crippen LogP contribution in [0.4, 0.5) is 0 Å². The van der Waals surface area contributed by atoms with Crippen molar-refractivity contribution in [2.75, 3.05) is 6.54 Å². The molecule has 1 aromatic rings. The topological polar surface area (TPSA) is 32.3 Å². The molecule has 108 valence electrons. The van der Waals surface area contributed by atoms with Crippen LogP contribution in [0, 0.1) is 0 Å².